The number of benzene rings is 2. The second kappa shape index (κ2) is 6.35. The lowest BCUT2D eigenvalue weighted by molar-refractivity contribution is 0.0940. The number of amides is 1. The number of thiophene rings is 1. The number of sulfonamides is 1. The molecule has 3 N–H and O–H groups in total. The van der Waals surface area contributed by atoms with Crippen molar-refractivity contribution in [2.45, 2.75) is 17.2 Å². The van der Waals surface area contributed by atoms with E-state index in [9.17, 15) is 13.2 Å². The minimum Gasteiger partial charge on any atom is -0.345 e. The number of carbonyl (C=O) groups is 1. The number of nitrogens with one attached hydrogen (secondary N) is 1. The first-order valence-electron chi connectivity index (χ1n) is 7.26. The highest BCUT2D eigenvalue weighted by atomic mass is 32.2. The highest BCUT2D eigenvalue weighted by molar-refractivity contribution is 7.91. The van der Waals surface area contributed by atoms with Crippen LogP contribution in [-0.4, -0.2) is 14.3 Å². The molecule has 3 aromatic rings. The number of carbonyl (C=O) groups excluding carboxylic acids is 1. The largest absolute Gasteiger partial charge is 0.345 e. The average Bonchev–Trinajstić information content (AvgIpc) is 3.04. The maximum Gasteiger partial charge on any atom is 0.252 e. The van der Waals surface area contributed by atoms with E-state index in [1.165, 1.54) is 11.4 Å². The maximum absolute atomic E-state index is 12.4. The summed E-state index contributed by atoms with van der Waals surface area (Å²) in [5, 5.41) is 11.6. The van der Waals surface area contributed by atoms with Gasteiger partial charge >= 0.3 is 0 Å². The Labute approximate surface area is 144 Å². The molecule has 0 aliphatic rings. The fraction of sp³-hybridized carbons (Fsp3) is 0.118. The highest BCUT2D eigenvalue weighted by Crippen LogP contribution is 2.25. The fourth-order valence-corrected chi connectivity index (χ4v) is 4.16. The van der Waals surface area contributed by atoms with Gasteiger partial charge in [0, 0.05) is 5.38 Å². The van der Waals surface area contributed by atoms with E-state index in [1.807, 2.05) is 49.4 Å². The second-order valence-corrected chi connectivity index (χ2v) is 8.16. The van der Waals surface area contributed by atoms with Crippen LogP contribution in [0.4, 0.5) is 0 Å². The number of rotatable bonds is 4. The fourth-order valence-electron chi connectivity index (χ4n) is 2.57. The van der Waals surface area contributed by atoms with Crippen molar-refractivity contribution in [1.82, 2.24) is 5.32 Å². The zero-order valence-corrected chi connectivity index (χ0v) is 14.5. The third kappa shape index (κ3) is 3.33. The molecule has 1 heterocycles. The Balaban J connectivity index is 1.85. The summed E-state index contributed by atoms with van der Waals surface area (Å²) in [7, 11) is -3.79. The number of primary sulfonamides is 1. The van der Waals surface area contributed by atoms with Crippen LogP contribution in [0.2, 0.25) is 0 Å². The maximum atomic E-state index is 12.4. The second-order valence-electron chi connectivity index (χ2n) is 5.46. The molecule has 0 radical (unpaired) electrons. The van der Waals surface area contributed by atoms with Gasteiger partial charge in [0.05, 0.1) is 11.6 Å². The molecule has 0 fully saturated rings. The van der Waals surface area contributed by atoms with Crippen molar-refractivity contribution < 1.29 is 13.2 Å². The quantitative estimate of drug-likeness (QED) is 0.749. The number of fused-ring (bicyclic) bond motifs is 1. The molecule has 1 aromatic heterocycles. The van der Waals surface area contributed by atoms with Gasteiger partial charge in [0.15, 0.2) is 0 Å². The summed E-state index contributed by atoms with van der Waals surface area (Å²) in [5.41, 5.74) is 1.29. The van der Waals surface area contributed by atoms with Gasteiger partial charge in [-0.15, -0.1) is 11.3 Å². The van der Waals surface area contributed by atoms with Crippen molar-refractivity contribution in [3.8, 4) is 0 Å². The number of hydrogen-bond acceptors (Lipinski definition) is 4. The third-order valence-electron chi connectivity index (χ3n) is 3.76. The molecule has 0 aliphatic carbocycles. The van der Waals surface area contributed by atoms with E-state index >= 15 is 0 Å². The van der Waals surface area contributed by atoms with Crippen molar-refractivity contribution in [1.29, 1.82) is 0 Å². The Hall–Kier alpha value is -2.22. The average molecular weight is 360 g/mol. The van der Waals surface area contributed by atoms with E-state index in [2.05, 4.69) is 5.32 Å². The normalized spacial score (nSPS) is 12.9. The molecule has 3 rings (SSSR count). The van der Waals surface area contributed by atoms with Crippen LogP contribution in [0.25, 0.3) is 10.8 Å². The Morgan fingerprint density at radius 2 is 1.88 bits per heavy atom. The lowest BCUT2D eigenvalue weighted by Gasteiger charge is -2.16. The molecule has 1 amide bonds. The predicted molar refractivity (Wildman–Crippen MR) is 95.5 cm³/mol. The first kappa shape index (κ1) is 16.6. The van der Waals surface area contributed by atoms with Crippen molar-refractivity contribution >= 4 is 38.0 Å². The van der Waals surface area contributed by atoms with Crippen LogP contribution < -0.4 is 10.5 Å². The lowest BCUT2D eigenvalue weighted by atomic mass is 9.99. The molecular weight excluding hydrogens is 344 g/mol. The van der Waals surface area contributed by atoms with Crippen LogP contribution in [0, 0.1) is 0 Å². The summed E-state index contributed by atoms with van der Waals surface area (Å²) in [6, 6.07) is 15.0. The van der Waals surface area contributed by atoms with Crippen LogP contribution in [0.5, 0.6) is 0 Å². The molecule has 0 spiro atoms. The van der Waals surface area contributed by atoms with E-state index in [1.54, 1.807) is 0 Å². The van der Waals surface area contributed by atoms with E-state index in [0.29, 0.717) is 0 Å². The summed E-state index contributed by atoms with van der Waals surface area (Å²) in [4.78, 5) is 12.4. The van der Waals surface area contributed by atoms with Crippen LogP contribution in [0.15, 0.2) is 58.1 Å². The monoisotopic (exact) mass is 360 g/mol. The SMILES string of the molecule is CC(NC(=O)c1csc(S(N)(=O)=O)c1)c1cccc2ccccc12. The van der Waals surface area contributed by atoms with Gasteiger partial charge in [0.2, 0.25) is 10.0 Å². The molecule has 1 unspecified atom stereocenters. The van der Waals surface area contributed by atoms with E-state index in [4.69, 9.17) is 5.14 Å². The summed E-state index contributed by atoms with van der Waals surface area (Å²) in [6.45, 7) is 1.90. The van der Waals surface area contributed by atoms with Gasteiger partial charge in [-0.3, -0.25) is 4.79 Å². The van der Waals surface area contributed by atoms with Crippen LogP contribution in [-0.2, 0) is 10.0 Å². The molecule has 24 heavy (non-hydrogen) atoms. The van der Waals surface area contributed by atoms with Crippen LogP contribution >= 0.6 is 11.3 Å². The van der Waals surface area contributed by atoms with E-state index < -0.39 is 10.0 Å². The van der Waals surface area contributed by atoms with Gasteiger partial charge < -0.3 is 5.32 Å². The Morgan fingerprint density at radius 3 is 2.58 bits per heavy atom. The van der Waals surface area contributed by atoms with Gasteiger partial charge in [-0.05, 0) is 29.3 Å². The van der Waals surface area contributed by atoms with E-state index in [-0.39, 0.29) is 21.7 Å². The minimum atomic E-state index is -3.79. The molecule has 0 bridgehead atoms. The molecule has 0 aliphatic heterocycles. The van der Waals surface area contributed by atoms with Gasteiger partial charge in [-0.1, -0.05) is 42.5 Å². The summed E-state index contributed by atoms with van der Waals surface area (Å²) < 4.78 is 22.6. The van der Waals surface area contributed by atoms with Gasteiger partial charge in [-0.2, -0.15) is 0 Å². The van der Waals surface area contributed by atoms with Crippen LogP contribution in [0.1, 0.15) is 28.9 Å². The lowest BCUT2D eigenvalue weighted by Crippen LogP contribution is -2.26. The molecule has 7 heteroatoms. The zero-order chi connectivity index (χ0) is 17.3. The first-order chi connectivity index (χ1) is 11.4. The topological polar surface area (TPSA) is 89.3 Å². The van der Waals surface area contributed by atoms with Gasteiger partial charge in [-0.25, -0.2) is 13.6 Å². The van der Waals surface area contributed by atoms with Crippen LogP contribution in [0.3, 0.4) is 0 Å². The minimum absolute atomic E-state index is 0.0227. The van der Waals surface area contributed by atoms with Crippen molar-refractivity contribution in [2.24, 2.45) is 5.14 Å². The van der Waals surface area contributed by atoms with Crippen molar-refractivity contribution in [2.75, 3.05) is 0 Å². The van der Waals surface area contributed by atoms with E-state index in [0.717, 1.165) is 27.7 Å². The Bertz CT molecular complexity index is 1000. The predicted octanol–water partition coefficient (Wildman–Crippen LogP) is 3.04. The summed E-state index contributed by atoms with van der Waals surface area (Å²) in [5.74, 6) is -0.332. The smallest absolute Gasteiger partial charge is 0.252 e. The Kier molecular flexibility index (Phi) is 4.40. The van der Waals surface area contributed by atoms with Gasteiger partial charge in [0.1, 0.15) is 4.21 Å². The molecule has 124 valence electrons. The standard InChI is InChI=1S/C17H16N2O3S2/c1-11(14-8-4-6-12-5-2-3-7-15(12)14)19-17(20)13-9-16(23-10-13)24(18,21)22/h2-11H,1H3,(H,19,20)(H2,18,21,22). The first-order valence-corrected chi connectivity index (χ1v) is 9.69. The summed E-state index contributed by atoms with van der Waals surface area (Å²) >= 11 is 0.936. The van der Waals surface area contributed by atoms with Crippen molar-refractivity contribution in [3.05, 3.63) is 65.0 Å². The van der Waals surface area contributed by atoms with Gasteiger partial charge in [0.25, 0.3) is 5.91 Å². The molecule has 1 atom stereocenters. The highest BCUT2D eigenvalue weighted by Gasteiger charge is 2.18. The number of hydrogen-bond donors (Lipinski definition) is 2. The summed E-state index contributed by atoms with van der Waals surface area (Å²) in [6.07, 6.45) is 0. The third-order valence-corrected chi connectivity index (χ3v) is 6.14. The molecule has 2 aromatic carbocycles. The van der Waals surface area contributed by atoms with Crippen molar-refractivity contribution in [3.63, 3.8) is 0 Å². The zero-order valence-electron chi connectivity index (χ0n) is 12.9. The molecule has 5 nitrogen and oxygen atoms in total. The molecule has 0 saturated carbocycles. The number of nitrogens with two attached hydrogens (primary N) is 1. The molecular formula is C17H16N2O3S2. The molecule has 0 saturated heterocycles. The Morgan fingerprint density at radius 1 is 1.17 bits per heavy atom.